The van der Waals surface area contributed by atoms with Crippen LogP contribution in [-0.2, 0) is 9.59 Å². The molecule has 0 bridgehead atoms. The molecule has 4 nitrogen and oxygen atoms in total. The second kappa shape index (κ2) is 7.39. The fourth-order valence-corrected chi connectivity index (χ4v) is 2.24. The highest BCUT2D eigenvalue weighted by Crippen LogP contribution is 2.31. The Morgan fingerprint density at radius 2 is 1.72 bits per heavy atom. The Balaban J connectivity index is 5.02. The van der Waals surface area contributed by atoms with E-state index in [1.165, 1.54) is 0 Å². The first-order valence-corrected chi connectivity index (χ1v) is 6.80. The van der Waals surface area contributed by atoms with Crippen LogP contribution in [0.2, 0.25) is 0 Å². The SMILES string of the molecule is CCCC(C(N)=O)[C@@H](CC(C)(C)C)C(=O)NCC. The monoisotopic (exact) mass is 256 g/mol. The van der Waals surface area contributed by atoms with Gasteiger partial charge in [-0.15, -0.1) is 0 Å². The predicted octanol–water partition coefficient (Wildman–Crippen LogP) is 2.08. The first kappa shape index (κ1) is 16.9. The third-order valence-electron chi connectivity index (χ3n) is 2.97. The van der Waals surface area contributed by atoms with Crippen molar-refractivity contribution in [2.75, 3.05) is 6.54 Å². The van der Waals surface area contributed by atoms with Gasteiger partial charge in [0.15, 0.2) is 0 Å². The van der Waals surface area contributed by atoms with E-state index in [1.54, 1.807) is 0 Å². The van der Waals surface area contributed by atoms with E-state index >= 15 is 0 Å². The van der Waals surface area contributed by atoms with Crippen molar-refractivity contribution >= 4 is 11.8 Å². The van der Waals surface area contributed by atoms with Crippen molar-refractivity contribution < 1.29 is 9.59 Å². The molecule has 0 saturated heterocycles. The Morgan fingerprint density at radius 3 is 2.06 bits per heavy atom. The van der Waals surface area contributed by atoms with Gasteiger partial charge in [0.05, 0.1) is 0 Å². The van der Waals surface area contributed by atoms with Crippen LogP contribution in [0.4, 0.5) is 0 Å². The molecule has 18 heavy (non-hydrogen) atoms. The van der Waals surface area contributed by atoms with Crippen LogP contribution >= 0.6 is 0 Å². The number of carbonyl (C=O) groups is 2. The van der Waals surface area contributed by atoms with E-state index in [4.69, 9.17) is 5.73 Å². The minimum Gasteiger partial charge on any atom is -0.369 e. The lowest BCUT2D eigenvalue weighted by molar-refractivity contribution is -0.134. The van der Waals surface area contributed by atoms with Crippen LogP contribution in [-0.4, -0.2) is 18.4 Å². The largest absolute Gasteiger partial charge is 0.369 e. The highest BCUT2D eigenvalue weighted by molar-refractivity contribution is 5.86. The fourth-order valence-electron chi connectivity index (χ4n) is 2.24. The molecular weight excluding hydrogens is 228 g/mol. The summed E-state index contributed by atoms with van der Waals surface area (Å²) in [6, 6.07) is 0. The molecule has 2 amide bonds. The van der Waals surface area contributed by atoms with Crippen molar-refractivity contribution in [2.45, 2.75) is 53.9 Å². The van der Waals surface area contributed by atoms with Crippen LogP contribution in [0.3, 0.4) is 0 Å². The van der Waals surface area contributed by atoms with Gasteiger partial charge in [-0.2, -0.15) is 0 Å². The average Bonchev–Trinajstić information content (AvgIpc) is 2.21. The average molecular weight is 256 g/mol. The molecule has 0 aromatic carbocycles. The van der Waals surface area contributed by atoms with Crippen LogP contribution in [0.25, 0.3) is 0 Å². The first-order chi connectivity index (χ1) is 8.22. The molecule has 0 rings (SSSR count). The topological polar surface area (TPSA) is 72.2 Å². The van der Waals surface area contributed by atoms with E-state index < -0.39 is 0 Å². The minimum absolute atomic E-state index is 0.00279. The predicted molar refractivity (Wildman–Crippen MR) is 73.8 cm³/mol. The fraction of sp³-hybridized carbons (Fsp3) is 0.857. The van der Waals surface area contributed by atoms with Crippen molar-refractivity contribution in [3.05, 3.63) is 0 Å². The van der Waals surface area contributed by atoms with Crippen molar-refractivity contribution in [1.82, 2.24) is 5.32 Å². The Hall–Kier alpha value is -1.06. The summed E-state index contributed by atoms with van der Waals surface area (Å²) in [5.74, 6) is -1.09. The smallest absolute Gasteiger partial charge is 0.223 e. The zero-order chi connectivity index (χ0) is 14.3. The molecule has 0 aliphatic rings. The van der Waals surface area contributed by atoms with Crippen LogP contribution in [0.1, 0.15) is 53.9 Å². The summed E-state index contributed by atoms with van der Waals surface area (Å²) in [7, 11) is 0. The highest BCUT2D eigenvalue weighted by Gasteiger charge is 2.34. The summed E-state index contributed by atoms with van der Waals surface area (Å²) >= 11 is 0. The normalized spacial score (nSPS) is 14.9. The van der Waals surface area contributed by atoms with Crippen molar-refractivity contribution in [3.63, 3.8) is 0 Å². The molecule has 0 spiro atoms. The molecule has 4 heteroatoms. The molecule has 0 radical (unpaired) electrons. The second-order valence-electron chi connectivity index (χ2n) is 6.06. The Bertz CT molecular complexity index is 282. The minimum atomic E-state index is -0.364. The Morgan fingerprint density at radius 1 is 1.17 bits per heavy atom. The summed E-state index contributed by atoms with van der Waals surface area (Å²) in [6.45, 7) is 10.7. The molecule has 0 saturated carbocycles. The maximum Gasteiger partial charge on any atom is 0.223 e. The van der Waals surface area contributed by atoms with Crippen LogP contribution in [0, 0.1) is 17.3 Å². The standard InChI is InChI=1S/C14H28N2O2/c1-6-8-10(12(15)17)11(9-14(3,4)5)13(18)16-7-2/h10-11H,6-9H2,1-5H3,(H2,15,17)(H,16,18)/t10?,11-/m1/s1. The van der Waals surface area contributed by atoms with Gasteiger partial charge in [0.25, 0.3) is 0 Å². The van der Waals surface area contributed by atoms with E-state index in [-0.39, 0.29) is 29.1 Å². The van der Waals surface area contributed by atoms with Crippen molar-refractivity contribution in [3.8, 4) is 0 Å². The first-order valence-electron chi connectivity index (χ1n) is 6.80. The zero-order valence-corrected chi connectivity index (χ0v) is 12.4. The van der Waals surface area contributed by atoms with Gasteiger partial charge < -0.3 is 11.1 Å². The van der Waals surface area contributed by atoms with Crippen molar-refractivity contribution in [2.24, 2.45) is 23.0 Å². The van der Waals surface area contributed by atoms with Gasteiger partial charge >= 0.3 is 0 Å². The number of hydrogen-bond donors (Lipinski definition) is 2. The quantitative estimate of drug-likeness (QED) is 0.732. The second-order valence-corrected chi connectivity index (χ2v) is 6.06. The maximum absolute atomic E-state index is 12.1. The molecule has 1 unspecified atom stereocenters. The molecule has 106 valence electrons. The maximum atomic E-state index is 12.1. The molecule has 0 fully saturated rings. The van der Waals surface area contributed by atoms with Gasteiger partial charge in [0, 0.05) is 18.4 Å². The Kier molecular flexibility index (Phi) is 6.96. The van der Waals surface area contributed by atoms with Gasteiger partial charge in [-0.1, -0.05) is 34.1 Å². The molecule has 0 aliphatic carbocycles. The summed E-state index contributed by atoms with van der Waals surface area (Å²) in [4.78, 5) is 23.7. The summed E-state index contributed by atoms with van der Waals surface area (Å²) in [5.41, 5.74) is 5.45. The molecule has 3 N–H and O–H groups in total. The van der Waals surface area contributed by atoms with E-state index in [0.717, 1.165) is 6.42 Å². The third kappa shape index (κ3) is 6.03. The molecule has 0 aliphatic heterocycles. The van der Waals surface area contributed by atoms with Crippen LogP contribution in [0.5, 0.6) is 0 Å². The van der Waals surface area contributed by atoms with E-state index in [2.05, 4.69) is 26.1 Å². The van der Waals surface area contributed by atoms with Gasteiger partial charge in [-0.05, 0) is 25.2 Å². The lowest BCUT2D eigenvalue weighted by Crippen LogP contribution is -2.42. The number of amides is 2. The van der Waals surface area contributed by atoms with E-state index in [9.17, 15) is 9.59 Å². The van der Waals surface area contributed by atoms with Gasteiger partial charge in [0.1, 0.15) is 0 Å². The van der Waals surface area contributed by atoms with Crippen molar-refractivity contribution in [1.29, 1.82) is 0 Å². The number of hydrogen-bond acceptors (Lipinski definition) is 2. The summed E-state index contributed by atoms with van der Waals surface area (Å²) < 4.78 is 0. The van der Waals surface area contributed by atoms with Crippen LogP contribution in [0.15, 0.2) is 0 Å². The lowest BCUT2D eigenvalue weighted by Gasteiger charge is -2.29. The van der Waals surface area contributed by atoms with Crippen LogP contribution < -0.4 is 11.1 Å². The van der Waals surface area contributed by atoms with E-state index in [0.29, 0.717) is 19.4 Å². The molecule has 0 aromatic rings. The summed E-state index contributed by atoms with van der Waals surface area (Å²) in [5, 5.41) is 2.82. The third-order valence-corrected chi connectivity index (χ3v) is 2.97. The van der Waals surface area contributed by atoms with E-state index in [1.807, 2.05) is 13.8 Å². The number of nitrogens with one attached hydrogen (secondary N) is 1. The summed E-state index contributed by atoms with van der Waals surface area (Å²) in [6.07, 6.45) is 2.20. The zero-order valence-electron chi connectivity index (χ0n) is 12.4. The molecule has 2 atom stereocenters. The molecule has 0 heterocycles. The number of carbonyl (C=O) groups excluding carboxylic acids is 2. The molecular formula is C14H28N2O2. The number of rotatable bonds is 7. The highest BCUT2D eigenvalue weighted by atomic mass is 16.2. The van der Waals surface area contributed by atoms with Gasteiger partial charge in [0.2, 0.25) is 11.8 Å². The Labute approximate surface area is 111 Å². The number of primary amides is 1. The lowest BCUT2D eigenvalue weighted by atomic mass is 9.76. The van der Waals surface area contributed by atoms with Gasteiger partial charge in [-0.25, -0.2) is 0 Å². The van der Waals surface area contributed by atoms with Gasteiger partial charge in [-0.3, -0.25) is 9.59 Å². The molecule has 0 aromatic heterocycles. The number of nitrogens with two attached hydrogens (primary N) is 1.